The molecule has 1 aliphatic carbocycles. The van der Waals surface area contributed by atoms with Gasteiger partial charge in [-0.05, 0) is 18.9 Å². The van der Waals surface area contributed by atoms with Crippen molar-refractivity contribution in [3.8, 4) is 0 Å². The molecule has 21 heavy (non-hydrogen) atoms. The molecule has 6 heteroatoms. The van der Waals surface area contributed by atoms with Gasteiger partial charge in [-0.1, -0.05) is 31.4 Å². The summed E-state index contributed by atoms with van der Waals surface area (Å²) in [6.45, 7) is 0. The van der Waals surface area contributed by atoms with Crippen molar-refractivity contribution >= 4 is 23.4 Å². The van der Waals surface area contributed by atoms with E-state index >= 15 is 0 Å². The Kier molecular flexibility index (Phi) is 4.14. The van der Waals surface area contributed by atoms with Gasteiger partial charge in [0.25, 0.3) is 5.69 Å². The molecule has 0 bridgehead atoms. The first-order valence-electron chi connectivity index (χ1n) is 7.34. The van der Waals surface area contributed by atoms with E-state index in [0.717, 1.165) is 25.7 Å². The Bertz CT molecular complexity index is 558. The minimum Gasteiger partial charge on any atom is -0.323 e. The third kappa shape index (κ3) is 2.77. The maximum Gasteiger partial charge on any atom is 0.275 e. The number of thioether (sulfide) groups is 1. The number of hydrogen-bond donors (Lipinski definition) is 0. The van der Waals surface area contributed by atoms with E-state index in [2.05, 4.69) is 0 Å². The van der Waals surface area contributed by atoms with E-state index in [-0.39, 0.29) is 27.9 Å². The normalized spacial score (nSPS) is 23.5. The van der Waals surface area contributed by atoms with Gasteiger partial charge in [0.05, 0.1) is 16.2 Å². The molecule has 0 aromatic heterocycles. The van der Waals surface area contributed by atoms with Gasteiger partial charge in [-0.25, -0.2) is 0 Å². The van der Waals surface area contributed by atoms with Gasteiger partial charge in [0.1, 0.15) is 5.37 Å². The van der Waals surface area contributed by atoms with Crippen LogP contribution in [0.15, 0.2) is 24.3 Å². The standard InChI is InChI=1S/C15H18N2O3S/c18-14-10-21-15(16(14)11-6-2-1-3-7-11)12-8-4-5-9-13(12)17(19)20/h4-5,8-9,11,15H,1-3,6-7,10H2/t15-/m0/s1. The Morgan fingerprint density at radius 2 is 1.90 bits per heavy atom. The first-order chi connectivity index (χ1) is 10.2. The van der Waals surface area contributed by atoms with Crippen molar-refractivity contribution in [1.29, 1.82) is 0 Å². The summed E-state index contributed by atoms with van der Waals surface area (Å²) in [5.41, 5.74) is 0.773. The number of nitro benzene ring substituents is 1. The van der Waals surface area contributed by atoms with E-state index in [1.807, 2.05) is 11.0 Å². The van der Waals surface area contributed by atoms with Crippen molar-refractivity contribution < 1.29 is 9.72 Å². The highest BCUT2D eigenvalue weighted by Gasteiger charge is 2.40. The van der Waals surface area contributed by atoms with Gasteiger partial charge in [0, 0.05) is 12.1 Å². The van der Waals surface area contributed by atoms with Crippen LogP contribution in [-0.4, -0.2) is 27.5 Å². The molecule has 5 nitrogen and oxygen atoms in total. The second-order valence-corrected chi connectivity index (χ2v) is 6.64. The third-order valence-corrected chi connectivity index (χ3v) is 5.48. The van der Waals surface area contributed by atoms with E-state index in [1.54, 1.807) is 12.1 Å². The number of para-hydroxylation sites is 1. The van der Waals surface area contributed by atoms with Gasteiger partial charge < -0.3 is 4.90 Å². The number of nitro groups is 1. The number of amides is 1. The summed E-state index contributed by atoms with van der Waals surface area (Å²) in [5.74, 6) is 0.544. The fraction of sp³-hybridized carbons (Fsp3) is 0.533. The molecule has 1 aliphatic heterocycles. The maximum absolute atomic E-state index is 12.3. The Labute approximate surface area is 127 Å². The zero-order valence-corrected chi connectivity index (χ0v) is 12.6. The first kappa shape index (κ1) is 14.4. The lowest BCUT2D eigenvalue weighted by Crippen LogP contribution is -2.39. The fourth-order valence-corrected chi connectivity index (χ4v) is 4.57. The highest BCUT2D eigenvalue weighted by atomic mass is 32.2. The fourth-order valence-electron chi connectivity index (χ4n) is 3.29. The predicted molar refractivity (Wildman–Crippen MR) is 82.0 cm³/mol. The van der Waals surface area contributed by atoms with E-state index in [0.29, 0.717) is 11.3 Å². The maximum atomic E-state index is 12.3. The SMILES string of the molecule is O=C1CS[C@@H](c2ccccc2[N+](=O)[O-])N1C1CCCCC1. The molecule has 0 radical (unpaired) electrons. The number of carbonyl (C=O) groups excluding carboxylic acids is 1. The lowest BCUT2D eigenvalue weighted by atomic mass is 9.93. The van der Waals surface area contributed by atoms with Crippen molar-refractivity contribution in [1.82, 2.24) is 4.90 Å². The molecule has 1 heterocycles. The van der Waals surface area contributed by atoms with Crippen LogP contribution < -0.4 is 0 Å². The lowest BCUT2D eigenvalue weighted by molar-refractivity contribution is -0.385. The van der Waals surface area contributed by atoms with E-state index < -0.39 is 0 Å². The highest BCUT2D eigenvalue weighted by molar-refractivity contribution is 8.00. The highest BCUT2D eigenvalue weighted by Crippen LogP contribution is 2.45. The first-order valence-corrected chi connectivity index (χ1v) is 8.39. The average Bonchev–Trinajstić information content (AvgIpc) is 2.89. The summed E-state index contributed by atoms with van der Waals surface area (Å²) in [6.07, 6.45) is 5.54. The van der Waals surface area contributed by atoms with Gasteiger partial charge in [-0.15, -0.1) is 11.8 Å². The van der Waals surface area contributed by atoms with Gasteiger partial charge in [-0.2, -0.15) is 0 Å². The summed E-state index contributed by atoms with van der Waals surface area (Å²) >= 11 is 1.51. The second-order valence-electron chi connectivity index (χ2n) is 5.57. The van der Waals surface area contributed by atoms with Crippen LogP contribution in [0, 0.1) is 10.1 Å². The summed E-state index contributed by atoms with van der Waals surface area (Å²) < 4.78 is 0. The van der Waals surface area contributed by atoms with Crippen molar-refractivity contribution in [2.24, 2.45) is 0 Å². The molecular formula is C15H18N2O3S. The summed E-state index contributed by atoms with van der Waals surface area (Å²) in [7, 11) is 0. The molecule has 0 unspecified atom stereocenters. The largest absolute Gasteiger partial charge is 0.323 e. The van der Waals surface area contributed by atoms with Crippen LogP contribution in [0.3, 0.4) is 0 Å². The average molecular weight is 306 g/mol. The molecule has 1 aromatic carbocycles. The smallest absolute Gasteiger partial charge is 0.275 e. The zero-order valence-electron chi connectivity index (χ0n) is 11.7. The molecule has 0 spiro atoms. The predicted octanol–water partition coefficient (Wildman–Crippen LogP) is 3.50. The quantitative estimate of drug-likeness (QED) is 0.633. The zero-order chi connectivity index (χ0) is 14.8. The summed E-state index contributed by atoms with van der Waals surface area (Å²) in [6, 6.07) is 7.03. The molecule has 1 saturated carbocycles. The summed E-state index contributed by atoms with van der Waals surface area (Å²) in [4.78, 5) is 25.1. The summed E-state index contributed by atoms with van der Waals surface area (Å²) in [5, 5.41) is 11.0. The van der Waals surface area contributed by atoms with Gasteiger partial charge in [-0.3, -0.25) is 14.9 Å². The van der Waals surface area contributed by atoms with Crippen LogP contribution in [0.4, 0.5) is 5.69 Å². The van der Waals surface area contributed by atoms with Crippen LogP contribution in [0.2, 0.25) is 0 Å². The Morgan fingerprint density at radius 3 is 2.62 bits per heavy atom. The van der Waals surface area contributed by atoms with Crippen LogP contribution >= 0.6 is 11.8 Å². The van der Waals surface area contributed by atoms with Crippen LogP contribution in [0.5, 0.6) is 0 Å². The Hall–Kier alpha value is -1.56. The van der Waals surface area contributed by atoms with Gasteiger partial charge in [0.2, 0.25) is 5.91 Å². The number of carbonyl (C=O) groups is 1. The van der Waals surface area contributed by atoms with E-state index in [4.69, 9.17) is 0 Å². The molecule has 1 aromatic rings. The van der Waals surface area contributed by atoms with Crippen molar-refractivity contribution in [3.05, 3.63) is 39.9 Å². The van der Waals surface area contributed by atoms with Gasteiger partial charge in [0.15, 0.2) is 0 Å². The Balaban J connectivity index is 1.93. The minimum atomic E-state index is -0.349. The molecule has 2 aliphatic rings. The minimum absolute atomic E-state index is 0.116. The molecule has 112 valence electrons. The van der Waals surface area contributed by atoms with Crippen LogP contribution in [0.1, 0.15) is 43.0 Å². The topological polar surface area (TPSA) is 63.4 Å². The van der Waals surface area contributed by atoms with E-state index in [9.17, 15) is 14.9 Å². The molecule has 0 N–H and O–H groups in total. The van der Waals surface area contributed by atoms with Crippen molar-refractivity contribution in [2.75, 3.05) is 5.75 Å². The molecule has 1 amide bonds. The van der Waals surface area contributed by atoms with Crippen molar-refractivity contribution in [3.63, 3.8) is 0 Å². The van der Waals surface area contributed by atoms with Gasteiger partial charge >= 0.3 is 0 Å². The van der Waals surface area contributed by atoms with E-state index in [1.165, 1.54) is 24.2 Å². The Morgan fingerprint density at radius 1 is 1.19 bits per heavy atom. The molecule has 1 saturated heterocycles. The van der Waals surface area contributed by atoms with Crippen molar-refractivity contribution in [2.45, 2.75) is 43.5 Å². The molecular weight excluding hydrogens is 288 g/mol. The third-order valence-electron chi connectivity index (χ3n) is 4.27. The molecule has 1 atom stereocenters. The number of nitrogens with zero attached hydrogens (tertiary/aromatic N) is 2. The number of rotatable bonds is 3. The monoisotopic (exact) mass is 306 g/mol. The van der Waals surface area contributed by atoms with Crippen LogP contribution in [-0.2, 0) is 4.79 Å². The second kappa shape index (κ2) is 6.05. The van der Waals surface area contributed by atoms with Crippen LogP contribution in [0.25, 0.3) is 0 Å². The lowest BCUT2D eigenvalue weighted by Gasteiger charge is -2.35. The molecule has 2 fully saturated rings. The number of hydrogen-bond acceptors (Lipinski definition) is 4. The number of benzene rings is 1. The molecule has 3 rings (SSSR count).